The van der Waals surface area contributed by atoms with Gasteiger partial charge in [-0.15, -0.1) is 0 Å². The van der Waals surface area contributed by atoms with Crippen molar-refractivity contribution in [1.29, 1.82) is 0 Å². The molecule has 0 bridgehead atoms. The first-order valence-corrected chi connectivity index (χ1v) is 12.6. The number of methoxy groups -OCH3 is 1. The second kappa shape index (κ2) is 11.3. The van der Waals surface area contributed by atoms with Gasteiger partial charge in [0.15, 0.2) is 22.4 Å². The summed E-state index contributed by atoms with van der Waals surface area (Å²) in [5.41, 5.74) is 2.00. The summed E-state index contributed by atoms with van der Waals surface area (Å²) in [6, 6.07) is 19.5. The number of carbonyl (C=O) groups is 2. The number of para-hydroxylation sites is 1. The van der Waals surface area contributed by atoms with E-state index in [2.05, 4.69) is 21.2 Å². The van der Waals surface area contributed by atoms with Gasteiger partial charge in [0.2, 0.25) is 0 Å². The maximum Gasteiger partial charge on any atom is 0.270 e. The van der Waals surface area contributed by atoms with Crippen LogP contribution in [-0.4, -0.2) is 29.9 Å². The fourth-order valence-corrected chi connectivity index (χ4v) is 4.94. The Hall–Kier alpha value is -2.85. The van der Waals surface area contributed by atoms with Gasteiger partial charge in [-0.2, -0.15) is 0 Å². The molecule has 2 amide bonds. The van der Waals surface area contributed by atoms with E-state index < -0.39 is 0 Å². The zero-order chi connectivity index (χ0) is 24.9. The molecule has 0 aromatic heterocycles. The quantitative estimate of drug-likeness (QED) is 0.250. The first-order chi connectivity index (χ1) is 16.9. The maximum absolute atomic E-state index is 13.1. The summed E-state index contributed by atoms with van der Waals surface area (Å²) < 4.78 is 12.2. The molecule has 0 spiro atoms. The molecule has 178 valence electrons. The van der Waals surface area contributed by atoms with Gasteiger partial charge in [-0.25, -0.2) is 0 Å². The van der Waals surface area contributed by atoms with Crippen LogP contribution in [0.25, 0.3) is 6.08 Å². The van der Waals surface area contributed by atoms with Crippen LogP contribution in [-0.2, 0) is 9.59 Å². The molecule has 4 rings (SSSR count). The number of thiocarbonyl (C=S) groups is 1. The molecule has 35 heavy (non-hydrogen) atoms. The number of nitrogens with one attached hydrogen (secondary N) is 1. The van der Waals surface area contributed by atoms with E-state index in [4.69, 9.17) is 33.3 Å². The standard InChI is InChI=1S/C25H18BrClN2O4S2/c1-32-21-11-15(7-10-20(21)33-14-23(30)28-16-5-3-2-4-6-16)12-22-24(31)29(25(34)35-22)17-8-9-18(26)19(27)13-17/h2-13H,14H2,1H3,(H,28,30). The first-order valence-electron chi connectivity index (χ1n) is 10.2. The molecule has 0 aliphatic carbocycles. The Morgan fingerprint density at radius 1 is 1.14 bits per heavy atom. The Morgan fingerprint density at radius 2 is 1.91 bits per heavy atom. The molecule has 0 atom stereocenters. The molecule has 3 aromatic carbocycles. The Morgan fingerprint density at radius 3 is 2.63 bits per heavy atom. The zero-order valence-corrected chi connectivity index (χ0v) is 22.3. The summed E-state index contributed by atoms with van der Waals surface area (Å²) in [7, 11) is 1.51. The number of nitrogens with zero attached hydrogens (tertiary/aromatic N) is 1. The summed E-state index contributed by atoms with van der Waals surface area (Å²) >= 11 is 16.2. The van der Waals surface area contributed by atoms with E-state index in [1.54, 1.807) is 54.6 Å². The number of anilines is 2. The fourth-order valence-electron chi connectivity index (χ4n) is 3.22. The molecule has 10 heteroatoms. The first kappa shape index (κ1) is 25.2. The minimum Gasteiger partial charge on any atom is -0.493 e. The van der Waals surface area contributed by atoms with Gasteiger partial charge in [-0.3, -0.25) is 14.5 Å². The van der Waals surface area contributed by atoms with Crippen molar-refractivity contribution in [3.8, 4) is 11.5 Å². The second-order valence-electron chi connectivity index (χ2n) is 7.23. The number of benzene rings is 3. The maximum atomic E-state index is 13.1. The number of thioether (sulfide) groups is 1. The van der Waals surface area contributed by atoms with Gasteiger partial charge in [-0.1, -0.05) is 59.8 Å². The Bertz CT molecular complexity index is 1330. The number of hydrogen-bond donors (Lipinski definition) is 1. The molecular formula is C25H18BrClN2O4S2. The molecule has 1 heterocycles. The number of ether oxygens (including phenoxy) is 2. The number of carbonyl (C=O) groups excluding carboxylic acids is 2. The fraction of sp³-hybridized carbons (Fsp3) is 0.0800. The van der Waals surface area contributed by atoms with Crippen molar-refractivity contribution in [3.63, 3.8) is 0 Å². The topological polar surface area (TPSA) is 67.9 Å². The van der Waals surface area contributed by atoms with Crippen LogP contribution in [0.15, 0.2) is 76.1 Å². The van der Waals surface area contributed by atoms with Crippen LogP contribution in [0.3, 0.4) is 0 Å². The predicted molar refractivity (Wildman–Crippen MR) is 148 cm³/mol. The second-order valence-corrected chi connectivity index (χ2v) is 10.2. The molecule has 1 N–H and O–H groups in total. The average Bonchev–Trinajstić information content (AvgIpc) is 3.13. The van der Waals surface area contributed by atoms with E-state index in [1.165, 1.54) is 23.8 Å². The number of hydrogen-bond acceptors (Lipinski definition) is 6. The van der Waals surface area contributed by atoms with E-state index in [-0.39, 0.29) is 18.4 Å². The van der Waals surface area contributed by atoms with Crippen LogP contribution in [0.4, 0.5) is 11.4 Å². The van der Waals surface area contributed by atoms with Crippen LogP contribution in [0.5, 0.6) is 11.5 Å². The smallest absolute Gasteiger partial charge is 0.270 e. The minimum atomic E-state index is -0.293. The Labute approximate surface area is 225 Å². The number of amides is 2. The third kappa shape index (κ3) is 6.05. The molecule has 1 aliphatic rings. The van der Waals surface area contributed by atoms with Gasteiger partial charge < -0.3 is 14.8 Å². The molecule has 0 radical (unpaired) electrons. The largest absolute Gasteiger partial charge is 0.493 e. The van der Waals surface area contributed by atoms with Crippen LogP contribution in [0, 0.1) is 0 Å². The molecule has 1 aliphatic heterocycles. The average molecular weight is 590 g/mol. The SMILES string of the molecule is COc1cc(C=C2SC(=S)N(c3ccc(Br)c(Cl)c3)C2=O)ccc1OCC(=O)Nc1ccccc1. The molecule has 0 unspecified atom stereocenters. The van der Waals surface area contributed by atoms with E-state index in [1.807, 2.05) is 18.2 Å². The summed E-state index contributed by atoms with van der Waals surface area (Å²) in [5, 5.41) is 3.24. The van der Waals surface area contributed by atoms with Crippen LogP contribution in [0.1, 0.15) is 5.56 Å². The lowest BCUT2D eigenvalue weighted by molar-refractivity contribution is -0.118. The van der Waals surface area contributed by atoms with Gasteiger partial charge >= 0.3 is 0 Å². The van der Waals surface area contributed by atoms with E-state index in [0.29, 0.717) is 37.1 Å². The van der Waals surface area contributed by atoms with Crippen LogP contribution in [0.2, 0.25) is 5.02 Å². The van der Waals surface area contributed by atoms with Crippen LogP contribution < -0.4 is 19.7 Å². The number of rotatable bonds is 7. The van der Waals surface area contributed by atoms with E-state index >= 15 is 0 Å². The molecule has 1 saturated heterocycles. The zero-order valence-electron chi connectivity index (χ0n) is 18.3. The summed E-state index contributed by atoms with van der Waals surface area (Å²) in [4.78, 5) is 27.2. The normalized spacial score (nSPS) is 14.4. The predicted octanol–water partition coefficient (Wildman–Crippen LogP) is 6.53. The monoisotopic (exact) mass is 588 g/mol. The van der Waals surface area contributed by atoms with Crippen molar-refractivity contribution in [2.75, 3.05) is 23.9 Å². The van der Waals surface area contributed by atoms with Crippen LogP contribution >= 0.6 is 51.5 Å². The van der Waals surface area contributed by atoms with Crippen molar-refractivity contribution in [3.05, 3.63) is 86.7 Å². The summed E-state index contributed by atoms with van der Waals surface area (Å²) in [6.45, 7) is -0.182. The Balaban J connectivity index is 1.47. The van der Waals surface area contributed by atoms with Gasteiger partial charge in [-0.05, 0) is 70.0 Å². The number of halogens is 2. The molecule has 3 aromatic rings. The van der Waals surface area contributed by atoms with Gasteiger partial charge in [0.25, 0.3) is 11.8 Å². The van der Waals surface area contributed by atoms with Crippen molar-refractivity contribution in [2.24, 2.45) is 0 Å². The van der Waals surface area contributed by atoms with Crippen molar-refractivity contribution in [2.45, 2.75) is 0 Å². The third-order valence-electron chi connectivity index (χ3n) is 4.86. The molecule has 0 saturated carbocycles. The highest BCUT2D eigenvalue weighted by molar-refractivity contribution is 9.10. The van der Waals surface area contributed by atoms with E-state index in [9.17, 15) is 9.59 Å². The van der Waals surface area contributed by atoms with Gasteiger partial charge in [0, 0.05) is 10.2 Å². The lowest BCUT2D eigenvalue weighted by Crippen LogP contribution is -2.27. The van der Waals surface area contributed by atoms with Crippen molar-refractivity contribution in [1.82, 2.24) is 0 Å². The molecule has 6 nitrogen and oxygen atoms in total. The van der Waals surface area contributed by atoms with Crippen molar-refractivity contribution >= 4 is 85.1 Å². The lowest BCUT2D eigenvalue weighted by atomic mass is 10.2. The summed E-state index contributed by atoms with van der Waals surface area (Å²) in [6.07, 6.45) is 1.73. The van der Waals surface area contributed by atoms with E-state index in [0.717, 1.165) is 10.0 Å². The molecule has 1 fully saturated rings. The third-order valence-corrected chi connectivity index (χ3v) is 7.39. The highest BCUT2D eigenvalue weighted by Crippen LogP contribution is 2.38. The summed E-state index contributed by atoms with van der Waals surface area (Å²) in [5.74, 6) is 0.306. The van der Waals surface area contributed by atoms with Crippen molar-refractivity contribution < 1.29 is 19.1 Å². The highest BCUT2D eigenvalue weighted by Gasteiger charge is 2.33. The minimum absolute atomic E-state index is 0.182. The lowest BCUT2D eigenvalue weighted by Gasteiger charge is -2.15. The Kier molecular flexibility index (Phi) is 8.12. The van der Waals surface area contributed by atoms with Gasteiger partial charge in [0.05, 0.1) is 22.7 Å². The highest BCUT2D eigenvalue weighted by atomic mass is 79.9. The van der Waals surface area contributed by atoms with Gasteiger partial charge in [0.1, 0.15) is 0 Å². The molecular weight excluding hydrogens is 572 g/mol.